The molecule has 0 aliphatic rings. The van der Waals surface area contributed by atoms with Gasteiger partial charge in [0.25, 0.3) is 0 Å². The molecule has 0 amide bonds. The van der Waals surface area contributed by atoms with E-state index in [9.17, 15) is 0 Å². The predicted octanol–water partition coefficient (Wildman–Crippen LogP) is 7.04. The van der Waals surface area contributed by atoms with Crippen molar-refractivity contribution in [3.05, 3.63) is 84.9 Å². The number of nitrogens with one attached hydrogen (secondary N) is 2. The standard InChI is InChI=1S/C23H19N5OS2/c1-29-19-14-8-13-18(15-19)27-28-21-20(16-9-4-2-5-10-16)25-23(31-21)26-22(30)24-17-11-6-3-7-12-17/h2-15H,1H3,(H2,24,25,26,30). The lowest BCUT2D eigenvalue weighted by Gasteiger charge is -2.07. The summed E-state index contributed by atoms with van der Waals surface area (Å²) in [5.74, 6) is 0.726. The maximum absolute atomic E-state index is 5.43. The van der Waals surface area contributed by atoms with Gasteiger partial charge in [0.2, 0.25) is 0 Å². The zero-order valence-corrected chi connectivity index (χ0v) is 18.3. The maximum atomic E-state index is 5.43. The van der Waals surface area contributed by atoms with Crippen LogP contribution in [-0.4, -0.2) is 17.2 Å². The molecule has 0 saturated heterocycles. The van der Waals surface area contributed by atoms with Crippen LogP contribution >= 0.6 is 23.6 Å². The van der Waals surface area contributed by atoms with Gasteiger partial charge in [0.05, 0.1) is 12.8 Å². The van der Waals surface area contributed by atoms with Gasteiger partial charge in [-0.2, -0.15) is 0 Å². The number of thiocarbonyl (C=S) groups is 1. The van der Waals surface area contributed by atoms with E-state index in [1.54, 1.807) is 7.11 Å². The molecular weight excluding hydrogens is 426 g/mol. The van der Waals surface area contributed by atoms with Crippen LogP contribution in [0.25, 0.3) is 11.3 Å². The molecular formula is C23H19N5OS2. The number of anilines is 2. The van der Waals surface area contributed by atoms with Crippen molar-refractivity contribution in [3.8, 4) is 17.0 Å². The van der Waals surface area contributed by atoms with E-state index in [0.29, 0.717) is 20.9 Å². The van der Waals surface area contributed by atoms with Gasteiger partial charge >= 0.3 is 0 Å². The average Bonchev–Trinajstić information content (AvgIpc) is 3.21. The molecule has 1 heterocycles. The average molecular weight is 446 g/mol. The number of ether oxygens (including phenoxy) is 1. The van der Waals surface area contributed by atoms with E-state index in [2.05, 4.69) is 20.9 Å². The predicted molar refractivity (Wildman–Crippen MR) is 131 cm³/mol. The first kappa shape index (κ1) is 20.6. The third-order valence-electron chi connectivity index (χ3n) is 4.22. The van der Waals surface area contributed by atoms with Crippen LogP contribution in [0.3, 0.4) is 0 Å². The lowest BCUT2D eigenvalue weighted by Crippen LogP contribution is -2.18. The number of azo groups is 1. The molecule has 2 N–H and O–H groups in total. The lowest BCUT2D eigenvalue weighted by molar-refractivity contribution is 0.415. The Hall–Kier alpha value is -3.62. The van der Waals surface area contributed by atoms with Crippen molar-refractivity contribution < 1.29 is 4.74 Å². The highest BCUT2D eigenvalue weighted by Crippen LogP contribution is 2.39. The maximum Gasteiger partial charge on any atom is 0.191 e. The Morgan fingerprint density at radius 1 is 0.903 bits per heavy atom. The van der Waals surface area contributed by atoms with E-state index in [1.165, 1.54) is 11.3 Å². The van der Waals surface area contributed by atoms with Crippen LogP contribution in [0.15, 0.2) is 95.2 Å². The summed E-state index contributed by atoms with van der Waals surface area (Å²) in [6.45, 7) is 0. The molecule has 6 nitrogen and oxygen atoms in total. The number of hydrogen-bond acceptors (Lipinski definition) is 6. The first-order chi connectivity index (χ1) is 15.2. The number of aromatic nitrogens is 1. The Morgan fingerprint density at radius 3 is 2.39 bits per heavy atom. The number of hydrogen-bond donors (Lipinski definition) is 2. The number of nitrogens with zero attached hydrogens (tertiary/aromatic N) is 3. The molecule has 0 atom stereocenters. The van der Waals surface area contributed by atoms with Crippen molar-refractivity contribution in [3.63, 3.8) is 0 Å². The summed E-state index contributed by atoms with van der Waals surface area (Å²) in [7, 11) is 1.62. The van der Waals surface area contributed by atoms with Gasteiger partial charge in [-0.15, -0.1) is 10.2 Å². The van der Waals surface area contributed by atoms with E-state index in [1.807, 2.05) is 84.9 Å². The highest BCUT2D eigenvalue weighted by Gasteiger charge is 2.14. The third kappa shape index (κ3) is 5.50. The van der Waals surface area contributed by atoms with Crippen molar-refractivity contribution in [1.82, 2.24) is 4.98 Å². The fourth-order valence-corrected chi connectivity index (χ4v) is 3.87. The minimum absolute atomic E-state index is 0.454. The molecule has 3 aromatic carbocycles. The van der Waals surface area contributed by atoms with Gasteiger partial charge in [-0.1, -0.05) is 65.9 Å². The molecule has 1 aromatic heterocycles. The van der Waals surface area contributed by atoms with Gasteiger partial charge in [-0.25, -0.2) is 4.98 Å². The fraction of sp³-hybridized carbons (Fsp3) is 0.0435. The number of rotatable bonds is 6. The molecule has 0 aliphatic heterocycles. The van der Waals surface area contributed by atoms with Crippen molar-refractivity contribution >= 4 is 50.2 Å². The first-order valence-electron chi connectivity index (χ1n) is 9.46. The molecule has 0 fully saturated rings. The molecule has 0 saturated carbocycles. The SMILES string of the molecule is COc1cccc(N=Nc2sc(NC(=S)Nc3ccccc3)nc2-c2ccccc2)c1. The van der Waals surface area contributed by atoms with Crippen LogP contribution in [0.1, 0.15) is 0 Å². The molecule has 0 aliphatic carbocycles. The Kier molecular flexibility index (Phi) is 6.61. The van der Waals surface area contributed by atoms with Crippen molar-refractivity contribution in [2.75, 3.05) is 17.7 Å². The van der Waals surface area contributed by atoms with E-state index in [0.717, 1.165) is 22.7 Å². The quantitative estimate of drug-likeness (QED) is 0.246. The van der Waals surface area contributed by atoms with E-state index >= 15 is 0 Å². The molecule has 8 heteroatoms. The minimum Gasteiger partial charge on any atom is -0.497 e. The normalized spacial score (nSPS) is 10.7. The molecule has 31 heavy (non-hydrogen) atoms. The Balaban J connectivity index is 1.60. The van der Waals surface area contributed by atoms with Gasteiger partial charge in [-0.05, 0) is 36.5 Å². The Bertz CT molecular complexity index is 1190. The first-order valence-corrected chi connectivity index (χ1v) is 10.7. The van der Waals surface area contributed by atoms with Crippen LogP contribution in [-0.2, 0) is 0 Å². The summed E-state index contributed by atoms with van der Waals surface area (Å²) in [5, 5.41) is 16.9. The number of methoxy groups -OCH3 is 1. The van der Waals surface area contributed by atoms with Crippen LogP contribution in [0.5, 0.6) is 5.75 Å². The molecule has 154 valence electrons. The minimum atomic E-state index is 0.454. The smallest absolute Gasteiger partial charge is 0.191 e. The van der Waals surface area contributed by atoms with Crippen molar-refractivity contribution in [1.29, 1.82) is 0 Å². The summed E-state index contributed by atoms with van der Waals surface area (Å²) in [5.41, 5.74) is 3.29. The van der Waals surface area contributed by atoms with Gasteiger partial charge in [0, 0.05) is 17.3 Å². The second-order valence-electron chi connectivity index (χ2n) is 6.39. The zero-order valence-electron chi connectivity index (χ0n) is 16.6. The van der Waals surface area contributed by atoms with Gasteiger partial charge in [0.15, 0.2) is 15.2 Å². The fourth-order valence-electron chi connectivity index (χ4n) is 2.77. The summed E-state index contributed by atoms with van der Waals surface area (Å²) < 4.78 is 5.25. The van der Waals surface area contributed by atoms with Crippen LogP contribution in [0.2, 0.25) is 0 Å². The molecule has 0 spiro atoms. The monoisotopic (exact) mass is 445 g/mol. The van der Waals surface area contributed by atoms with Crippen LogP contribution < -0.4 is 15.4 Å². The Labute approximate surface area is 189 Å². The van der Waals surface area contributed by atoms with E-state index in [4.69, 9.17) is 21.9 Å². The number of benzene rings is 3. The van der Waals surface area contributed by atoms with Crippen molar-refractivity contribution in [2.24, 2.45) is 10.2 Å². The van der Waals surface area contributed by atoms with Crippen LogP contribution in [0, 0.1) is 0 Å². The van der Waals surface area contributed by atoms with Crippen LogP contribution in [0.4, 0.5) is 21.5 Å². The second kappa shape index (κ2) is 9.92. The highest BCUT2D eigenvalue weighted by molar-refractivity contribution is 7.80. The lowest BCUT2D eigenvalue weighted by atomic mass is 10.2. The van der Waals surface area contributed by atoms with E-state index in [-0.39, 0.29) is 0 Å². The summed E-state index contributed by atoms with van der Waals surface area (Å²) >= 11 is 6.81. The number of para-hydroxylation sites is 1. The Morgan fingerprint density at radius 2 is 1.65 bits per heavy atom. The summed E-state index contributed by atoms with van der Waals surface area (Å²) in [6.07, 6.45) is 0. The molecule has 0 bridgehead atoms. The molecule has 0 radical (unpaired) electrons. The van der Waals surface area contributed by atoms with Gasteiger partial charge in [-0.3, -0.25) is 0 Å². The number of thiazole rings is 1. The van der Waals surface area contributed by atoms with Crippen molar-refractivity contribution in [2.45, 2.75) is 0 Å². The van der Waals surface area contributed by atoms with Gasteiger partial charge < -0.3 is 15.4 Å². The molecule has 0 unspecified atom stereocenters. The highest BCUT2D eigenvalue weighted by atomic mass is 32.1. The molecule has 4 aromatic rings. The third-order valence-corrected chi connectivity index (χ3v) is 5.28. The summed E-state index contributed by atoms with van der Waals surface area (Å²) in [6, 6.07) is 27.0. The second-order valence-corrected chi connectivity index (χ2v) is 7.77. The topological polar surface area (TPSA) is 70.9 Å². The van der Waals surface area contributed by atoms with E-state index < -0.39 is 0 Å². The zero-order chi connectivity index (χ0) is 21.5. The molecule has 4 rings (SSSR count). The van der Waals surface area contributed by atoms with Gasteiger partial charge in [0.1, 0.15) is 11.4 Å². The largest absolute Gasteiger partial charge is 0.497 e. The summed E-state index contributed by atoms with van der Waals surface area (Å²) in [4.78, 5) is 4.71.